The molecular formula is C17H20N4O2. The quantitative estimate of drug-likeness (QED) is 0.762. The van der Waals surface area contributed by atoms with Gasteiger partial charge in [-0.1, -0.05) is 6.92 Å². The molecule has 0 atom stereocenters. The van der Waals surface area contributed by atoms with Crippen molar-refractivity contribution < 1.29 is 9.59 Å². The van der Waals surface area contributed by atoms with Crippen LogP contribution in [0.15, 0.2) is 42.6 Å². The first-order chi connectivity index (χ1) is 11.1. The predicted octanol–water partition coefficient (Wildman–Crippen LogP) is 3.52. The smallest absolute Gasteiger partial charge is 0.224 e. The van der Waals surface area contributed by atoms with Gasteiger partial charge < -0.3 is 16.0 Å². The van der Waals surface area contributed by atoms with Crippen LogP contribution in [0.3, 0.4) is 0 Å². The highest BCUT2D eigenvalue weighted by Gasteiger charge is 2.02. The van der Waals surface area contributed by atoms with Crippen molar-refractivity contribution in [2.75, 3.05) is 16.0 Å². The lowest BCUT2D eigenvalue weighted by atomic mass is 10.2. The predicted molar refractivity (Wildman–Crippen MR) is 91.8 cm³/mol. The molecule has 6 heteroatoms. The highest BCUT2D eigenvalue weighted by molar-refractivity contribution is 5.90. The van der Waals surface area contributed by atoms with Crippen LogP contribution >= 0.6 is 0 Å². The summed E-state index contributed by atoms with van der Waals surface area (Å²) in [4.78, 5) is 26.7. The standard InChI is InChI=1S/C17H20N4O2/c1-3-4-17(23)21-15-9-10-16(18-11-15)20-14-7-5-13(6-8-14)19-12(2)22/h5-11H,3-4H2,1-2H3,(H,18,20)(H,19,22)(H,21,23). The molecule has 2 amide bonds. The first-order valence-corrected chi connectivity index (χ1v) is 7.47. The van der Waals surface area contributed by atoms with Crippen molar-refractivity contribution in [1.29, 1.82) is 0 Å². The third kappa shape index (κ3) is 5.43. The summed E-state index contributed by atoms with van der Waals surface area (Å²) in [6.45, 7) is 3.43. The van der Waals surface area contributed by atoms with Crippen molar-refractivity contribution in [3.63, 3.8) is 0 Å². The van der Waals surface area contributed by atoms with Crippen LogP contribution in [0.2, 0.25) is 0 Å². The van der Waals surface area contributed by atoms with E-state index in [1.807, 2.05) is 31.2 Å². The number of rotatable bonds is 6. The lowest BCUT2D eigenvalue weighted by Gasteiger charge is -2.08. The highest BCUT2D eigenvalue weighted by Crippen LogP contribution is 2.18. The molecule has 23 heavy (non-hydrogen) atoms. The average Bonchev–Trinajstić information content (AvgIpc) is 2.51. The van der Waals surface area contributed by atoms with Crippen LogP contribution in [-0.2, 0) is 9.59 Å². The van der Waals surface area contributed by atoms with Crippen LogP contribution in [0, 0.1) is 0 Å². The van der Waals surface area contributed by atoms with Crippen LogP contribution in [-0.4, -0.2) is 16.8 Å². The molecule has 2 rings (SSSR count). The zero-order valence-electron chi connectivity index (χ0n) is 13.2. The van der Waals surface area contributed by atoms with Gasteiger partial charge in [0.2, 0.25) is 11.8 Å². The van der Waals surface area contributed by atoms with Crippen molar-refractivity contribution in [3.8, 4) is 0 Å². The van der Waals surface area contributed by atoms with Gasteiger partial charge in [0.25, 0.3) is 0 Å². The molecule has 6 nitrogen and oxygen atoms in total. The largest absolute Gasteiger partial charge is 0.340 e. The Bertz CT molecular complexity index is 666. The summed E-state index contributed by atoms with van der Waals surface area (Å²) in [6.07, 6.45) is 2.93. The van der Waals surface area contributed by atoms with Gasteiger partial charge in [0.1, 0.15) is 5.82 Å². The Hall–Kier alpha value is -2.89. The monoisotopic (exact) mass is 312 g/mol. The van der Waals surface area contributed by atoms with Gasteiger partial charge in [0.05, 0.1) is 11.9 Å². The normalized spacial score (nSPS) is 10.0. The molecule has 0 spiro atoms. The Balaban J connectivity index is 1.95. The average molecular weight is 312 g/mol. The van der Waals surface area contributed by atoms with Gasteiger partial charge in [-0.3, -0.25) is 9.59 Å². The van der Waals surface area contributed by atoms with Gasteiger partial charge >= 0.3 is 0 Å². The fourth-order valence-corrected chi connectivity index (χ4v) is 1.98. The second-order valence-electron chi connectivity index (χ2n) is 5.11. The molecule has 1 aromatic carbocycles. The first kappa shape index (κ1) is 16.5. The third-order valence-corrected chi connectivity index (χ3v) is 3.00. The van der Waals surface area contributed by atoms with E-state index >= 15 is 0 Å². The molecule has 0 radical (unpaired) electrons. The number of hydrogen-bond donors (Lipinski definition) is 3. The van der Waals surface area contributed by atoms with Crippen molar-refractivity contribution in [2.45, 2.75) is 26.7 Å². The Kier molecular flexibility index (Phi) is 5.68. The molecule has 0 saturated heterocycles. The molecule has 0 aliphatic heterocycles. The van der Waals surface area contributed by atoms with Crippen molar-refractivity contribution in [1.82, 2.24) is 4.98 Å². The minimum Gasteiger partial charge on any atom is -0.340 e. The number of aromatic nitrogens is 1. The Labute approximate surface area is 135 Å². The van der Waals surface area contributed by atoms with E-state index in [4.69, 9.17) is 0 Å². The van der Waals surface area contributed by atoms with E-state index < -0.39 is 0 Å². The SMILES string of the molecule is CCCC(=O)Nc1ccc(Nc2ccc(NC(C)=O)cc2)nc1. The molecule has 0 unspecified atom stereocenters. The third-order valence-electron chi connectivity index (χ3n) is 3.00. The summed E-state index contributed by atoms with van der Waals surface area (Å²) >= 11 is 0. The van der Waals surface area contributed by atoms with Gasteiger partial charge in [-0.15, -0.1) is 0 Å². The van der Waals surface area contributed by atoms with Gasteiger partial charge in [0, 0.05) is 24.7 Å². The number of anilines is 4. The first-order valence-electron chi connectivity index (χ1n) is 7.47. The van der Waals surface area contributed by atoms with E-state index in [0.29, 0.717) is 17.9 Å². The van der Waals surface area contributed by atoms with Crippen LogP contribution in [0.1, 0.15) is 26.7 Å². The van der Waals surface area contributed by atoms with Gasteiger partial charge in [0.15, 0.2) is 0 Å². The number of carbonyl (C=O) groups is 2. The van der Waals surface area contributed by atoms with E-state index in [1.54, 1.807) is 18.3 Å². The van der Waals surface area contributed by atoms with Crippen LogP contribution < -0.4 is 16.0 Å². The molecule has 0 aliphatic carbocycles. The van der Waals surface area contributed by atoms with Gasteiger partial charge in [-0.05, 0) is 42.8 Å². The fraction of sp³-hybridized carbons (Fsp3) is 0.235. The Morgan fingerprint density at radius 3 is 2.17 bits per heavy atom. The highest BCUT2D eigenvalue weighted by atomic mass is 16.2. The molecule has 1 aromatic heterocycles. The zero-order valence-corrected chi connectivity index (χ0v) is 13.2. The van der Waals surface area contributed by atoms with Crippen molar-refractivity contribution in [3.05, 3.63) is 42.6 Å². The lowest BCUT2D eigenvalue weighted by Crippen LogP contribution is -2.10. The summed E-state index contributed by atoms with van der Waals surface area (Å²) in [5.41, 5.74) is 2.27. The molecule has 1 heterocycles. The minimum atomic E-state index is -0.104. The van der Waals surface area contributed by atoms with E-state index in [-0.39, 0.29) is 11.8 Å². The molecular weight excluding hydrogens is 292 g/mol. The molecule has 2 aromatic rings. The summed E-state index contributed by atoms with van der Waals surface area (Å²) in [5, 5.41) is 8.65. The van der Waals surface area contributed by atoms with Gasteiger partial charge in [-0.25, -0.2) is 4.98 Å². The van der Waals surface area contributed by atoms with E-state index in [2.05, 4.69) is 20.9 Å². The van der Waals surface area contributed by atoms with Crippen molar-refractivity contribution >= 4 is 34.7 Å². The summed E-state index contributed by atoms with van der Waals surface area (Å²) in [5.74, 6) is 0.558. The van der Waals surface area contributed by atoms with Crippen LogP contribution in [0.4, 0.5) is 22.9 Å². The summed E-state index contributed by atoms with van der Waals surface area (Å²) in [7, 11) is 0. The molecule has 120 valence electrons. The van der Waals surface area contributed by atoms with Gasteiger partial charge in [-0.2, -0.15) is 0 Å². The summed E-state index contributed by atoms with van der Waals surface area (Å²) < 4.78 is 0. The van der Waals surface area contributed by atoms with E-state index in [1.165, 1.54) is 6.92 Å². The molecule has 0 fully saturated rings. The van der Waals surface area contributed by atoms with Crippen LogP contribution in [0.25, 0.3) is 0 Å². The summed E-state index contributed by atoms with van der Waals surface area (Å²) in [6, 6.07) is 10.9. The second-order valence-corrected chi connectivity index (χ2v) is 5.11. The maximum absolute atomic E-state index is 11.5. The number of benzene rings is 1. The molecule has 0 aliphatic rings. The number of nitrogens with one attached hydrogen (secondary N) is 3. The second kappa shape index (κ2) is 7.93. The van der Waals surface area contributed by atoms with E-state index in [0.717, 1.165) is 17.8 Å². The number of amides is 2. The Morgan fingerprint density at radius 1 is 0.957 bits per heavy atom. The molecule has 3 N–H and O–H groups in total. The van der Waals surface area contributed by atoms with E-state index in [9.17, 15) is 9.59 Å². The zero-order chi connectivity index (χ0) is 16.7. The number of hydrogen-bond acceptors (Lipinski definition) is 4. The lowest BCUT2D eigenvalue weighted by molar-refractivity contribution is -0.116. The number of nitrogens with zero attached hydrogens (tertiary/aromatic N) is 1. The topological polar surface area (TPSA) is 83.1 Å². The fourth-order valence-electron chi connectivity index (χ4n) is 1.98. The molecule has 0 bridgehead atoms. The number of pyridine rings is 1. The van der Waals surface area contributed by atoms with Crippen LogP contribution in [0.5, 0.6) is 0 Å². The molecule has 0 saturated carbocycles. The van der Waals surface area contributed by atoms with Crippen molar-refractivity contribution in [2.24, 2.45) is 0 Å². The maximum Gasteiger partial charge on any atom is 0.224 e. The Morgan fingerprint density at radius 2 is 1.61 bits per heavy atom. The minimum absolute atomic E-state index is 0.0106. The number of carbonyl (C=O) groups excluding carboxylic acids is 2. The maximum atomic E-state index is 11.5.